The predicted octanol–water partition coefficient (Wildman–Crippen LogP) is 3.27. The van der Waals surface area contributed by atoms with Crippen molar-refractivity contribution in [2.24, 2.45) is 0 Å². The van der Waals surface area contributed by atoms with Gasteiger partial charge in [-0.25, -0.2) is 0 Å². The molecule has 24 heavy (non-hydrogen) atoms. The summed E-state index contributed by atoms with van der Waals surface area (Å²) in [6.07, 6.45) is 2.92. The number of thiophene rings is 1. The second-order valence-corrected chi connectivity index (χ2v) is 6.91. The molecule has 0 saturated carbocycles. The number of carbonyl (C=O) groups is 1. The molecule has 0 atom stereocenters. The van der Waals surface area contributed by atoms with Gasteiger partial charge in [0.25, 0.3) is 5.69 Å². The molecule has 0 aliphatic carbocycles. The number of hydrogen-bond donors (Lipinski definition) is 1. The Kier molecular flexibility index (Phi) is 3.57. The first kappa shape index (κ1) is 14.9. The summed E-state index contributed by atoms with van der Waals surface area (Å²) in [7, 11) is 0. The number of nitrogens with one attached hydrogen (secondary N) is 1. The maximum Gasteiger partial charge on any atom is 0.270 e. The Labute approximate surface area is 141 Å². The van der Waals surface area contributed by atoms with Gasteiger partial charge < -0.3 is 9.88 Å². The van der Waals surface area contributed by atoms with E-state index in [0.717, 1.165) is 29.4 Å². The van der Waals surface area contributed by atoms with Crippen LogP contribution >= 0.6 is 11.3 Å². The van der Waals surface area contributed by atoms with E-state index >= 15 is 0 Å². The lowest BCUT2D eigenvalue weighted by molar-refractivity contribution is -0.384. The third-order valence-corrected chi connectivity index (χ3v) is 5.49. The fourth-order valence-electron chi connectivity index (χ4n) is 3.16. The van der Waals surface area contributed by atoms with Crippen molar-refractivity contribution in [2.45, 2.75) is 19.4 Å². The van der Waals surface area contributed by atoms with Gasteiger partial charge in [-0.15, -0.1) is 11.3 Å². The van der Waals surface area contributed by atoms with Crippen LogP contribution in [0.3, 0.4) is 0 Å². The number of nitro groups is 1. The van der Waals surface area contributed by atoms with E-state index < -0.39 is 4.92 Å². The van der Waals surface area contributed by atoms with Crippen LogP contribution in [0.15, 0.2) is 35.8 Å². The molecule has 0 unspecified atom stereocenters. The van der Waals surface area contributed by atoms with Gasteiger partial charge in [-0.05, 0) is 35.1 Å². The number of H-pyrrole nitrogens is 1. The van der Waals surface area contributed by atoms with Crippen LogP contribution in [-0.2, 0) is 24.2 Å². The lowest BCUT2D eigenvalue weighted by Crippen LogP contribution is -2.36. The molecule has 1 aromatic carbocycles. The number of non-ortho nitro benzene ring substituents is 1. The minimum Gasteiger partial charge on any atom is -0.361 e. The van der Waals surface area contributed by atoms with Crippen LogP contribution in [0, 0.1) is 10.1 Å². The summed E-state index contributed by atoms with van der Waals surface area (Å²) in [6, 6.07) is 6.75. The predicted molar refractivity (Wildman–Crippen MR) is 92.1 cm³/mol. The maximum absolute atomic E-state index is 12.6. The zero-order valence-corrected chi connectivity index (χ0v) is 13.6. The highest BCUT2D eigenvalue weighted by atomic mass is 32.1. The van der Waals surface area contributed by atoms with Crippen LogP contribution in [-0.4, -0.2) is 27.3 Å². The molecular weight excluding hydrogens is 326 g/mol. The average Bonchev–Trinajstić information content (AvgIpc) is 3.20. The van der Waals surface area contributed by atoms with Crippen LogP contribution in [0.1, 0.15) is 16.0 Å². The summed E-state index contributed by atoms with van der Waals surface area (Å²) < 4.78 is 0. The van der Waals surface area contributed by atoms with Crippen molar-refractivity contribution < 1.29 is 9.72 Å². The number of rotatable bonds is 3. The van der Waals surface area contributed by atoms with Crippen LogP contribution in [0.4, 0.5) is 5.69 Å². The third-order valence-electron chi connectivity index (χ3n) is 4.46. The number of fused-ring (bicyclic) bond motifs is 2. The Morgan fingerprint density at radius 3 is 3.08 bits per heavy atom. The van der Waals surface area contributed by atoms with Crippen molar-refractivity contribution in [3.8, 4) is 0 Å². The van der Waals surface area contributed by atoms with Gasteiger partial charge in [0.15, 0.2) is 0 Å². The fraction of sp³-hybridized carbons (Fsp3) is 0.235. The second-order valence-electron chi connectivity index (χ2n) is 5.91. The third kappa shape index (κ3) is 2.56. The highest BCUT2D eigenvalue weighted by Crippen LogP contribution is 2.27. The molecule has 0 radical (unpaired) electrons. The first-order valence-electron chi connectivity index (χ1n) is 7.69. The van der Waals surface area contributed by atoms with Crippen molar-refractivity contribution in [1.82, 2.24) is 9.88 Å². The van der Waals surface area contributed by atoms with E-state index in [2.05, 4.69) is 16.4 Å². The quantitative estimate of drug-likeness (QED) is 0.586. The number of carbonyl (C=O) groups excluding carboxylic acids is 1. The topological polar surface area (TPSA) is 79.2 Å². The molecule has 122 valence electrons. The van der Waals surface area contributed by atoms with Gasteiger partial charge in [0.2, 0.25) is 5.91 Å². The number of aromatic amines is 1. The van der Waals surface area contributed by atoms with Crippen molar-refractivity contribution in [3.05, 3.63) is 62.0 Å². The van der Waals surface area contributed by atoms with E-state index in [4.69, 9.17) is 0 Å². The van der Waals surface area contributed by atoms with Crippen molar-refractivity contribution >= 4 is 33.8 Å². The zero-order valence-electron chi connectivity index (χ0n) is 12.8. The normalized spacial score (nSPS) is 13.9. The smallest absolute Gasteiger partial charge is 0.270 e. The minimum absolute atomic E-state index is 0.0386. The fourth-order valence-corrected chi connectivity index (χ4v) is 4.05. The van der Waals surface area contributed by atoms with E-state index in [9.17, 15) is 14.9 Å². The molecular formula is C17H15N3O3S. The Morgan fingerprint density at radius 2 is 2.25 bits per heavy atom. The molecule has 0 saturated heterocycles. The minimum atomic E-state index is -0.416. The van der Waals surface area contributed by atoms with Gasteiger partial charge >= 0.3 is 0 Å². The Morgan fingerprint density at radius 1 is 1.38 bits per heavy atom. The van der Waals surface area contributed by atoms with Gasteiger partial charge in [0, 0.05) is 47.2 Å². The number of nitrogens with zero attached hydrogens (tertiary/aromatic N) is 2. The maximum atomic E-state index is 12.6. The zero-order chi connectivity index (χ0) is 16.7. The first-order chi connectivity index (χ1) is 11.6. The summed E-state index contributed by atoms with van der Waals surface area (Å²) in [4.78, 5) is 29.5. The number of benzene rings is 1. The summed E-state index contributed by atoms with van der Waals surface area (Å²) in [6.45, 7) is 1.38. The molecule has 3 heterocycles. The number of amides is 1. The van der Waals surface area contributed by atoms with Gasteiger partial charge in [0.1, 0.15) is 0 Å². The Hall–Kier alpha value is -2.67. The van der Waals surface area contributed by atoms with Crippen LogP contribution in [0.2, 0.25) is 0 Å². The molecule has 4 rings (SSSR count). The van der Waals surface area contributed by atoms with E-state index in [1.807, 2.05) is 4.90 Å². The second kappa shape index (κ2) is 5.76. The Bertz CT molecular complexity index is 944. The van der Waals surface area contributed by atoms with E-state index in [0.29, 0.717) is 6.54 Å². The largest absolute Gasteiger partial charge is 0.361 e. The van der Waals surface area contributed by atoms with E-state index in [1.54, 1.807) is 23.6 Å². The summed E-state index contributed by atoms with van der Waals surface area (Å²) in [5, 5.41) is 13.8. The number of aromatic nitrogens is 1. The lowest BCUT2D eigenvalue weighted by Gasteiger charge is -2.27. The summed E-state index contributed by atoms with van der Waals surface area (Å²) in [5.74, 6) is 0.0549. The average molecular weight is 341 g/mol. The van der Waals surface area contributed by atoms with Crippen LogP contribution in [0.25, 0.3) is 10.9 Å². The lowest BCUT2D eigenvalue weighted by atomic mass is 10.1. The molecule has 0 spiro atoms. The van der Waals surface area contributed by atoms with Crippen LogP contribution < -0.4 is 0 Å². The molecule has 2 aromatic heterocycles. The van der Waals surface area contributed by atoms with Gasteiger partial charge in [-0.3, -0.25) is 14.9 Å². The SMILES string of the molecule is O=C(Cc1c[nH]c2ccc([N+](=O)[O-])cc12)N1CCc2sccc2C1. The van der Waals surface area contributed by atoms with Gasteiger partial charge in [-0.2, -0.15) is 0 Å². The highest BCUT2D eigenvalue weighted by Gasteiger charge is 2.22. The monoisotopic (exact) mass is 341 g/mol. The van der Waals surface area contributed by atoms with E-state index in [-0.39, 0.29) is 18.0 Å². The first-order valence-corrected chi connectivity index (χ1v) is 8.57. The molecule has 1 aliphatic heterocycles. The molecule has 1 N–H and O–H groups in total. The summed E-state index contributed by atoms with van der Waals surface area (Å²) in [5.41, 5.74) is 2.88. The van der Waals surface area contributed by atoms with Gasteiger partial charge in [-0.1, -0.05) is 0 Å². The molecule has 3 aromatic rings. The highest BCUT2D eigenvalue weighted by molar-refractivity contribution is 7.10. The van der Waals surface area contributed by atoms with E-state index in [1.165, 1.54) is 22.6 Å². The van der Waals surface area contributed by atoms with Crippen LogP contribution in [0.5, 0.6) is 0 Å². The molecule has 1 amide bonds. The standard InChI is InChI=1S/C17H15N3O3S/c21-17(19-5-3-16-11(10-19)4-6-24-16)7-12-9-18-15-2-1-13(20(22)23)8-14(12)15/h1-2,4,6,8-9,18H,3,5,7,10H2. The molecule has 6 nitrogen and oxygen atoms in total. The van der Waals surface area contributed by atoms with Crippen molar-refractivity contribution in [2.75, 3.05) is 6.54 Å². The number of nitro benzene ring substituents is 1. The van der Waals surface area contributed by atoms with Crippen molar-refractivity contribution in [1.29, 1.82) is 0 Å². The molecule has 0 fully saturated rings. The summed E-state index contributed by atoms with van der Waals surface area (Å²) >= 11 is 1.74. The number of hydrogen-bond acceptors (Lipinski definition) is 4. The molecule has 1 aliphatic rings. The molecule has 7 heteroatoms. The Balaban J connectivity index is 1.57. The molecule has 0 bridgehead atoms. The van der Waals surface area contributed by atoms with Gasteiger partial charge in [0.05, 0.1) is 11.3 Å². The van der Waals surface area contributed by atoms with Crippen molar-refractivity contribution in [3.63, 3.8) is 0 Å².